The number of unbranched alkanes of at least 4 members (excludes halogenated alkanes) is 2. The van der Waals surface area contributed by atoms with E-state index in [2.05, 4.69) is 0 Å². The first-order chi connectivity index (χ1) is 9.40. The Morgan fingerprint density at radius 2 is 1.55 bits per heavy atom. The van der Waals surface area contributed by atoms with E-state index in [9.17, 15) is 9.59 Å². The minimum absolute atomic E-state index is 0.331. The number of carboxylic acids is 2. The van der Waals surface area contributed by atoms with E-state index < -0.39 is 26.7 Å². The van der Waals surface area contributed by atoms with Crippen molar-refractivity contribution in [2.24, 2.45) is 5.92 Å². The maximum atomic E-state index is 10.9. The largest absolute Gasteiger partial charge is 0.500 e. The van der Waals surface area contributed by atoms with Crippen LogP contribution in [0.2, 0.25) is 6.04 Å². The van der Waals surface area contributed by atoms with Crippen molar-refractivity contribution in [2.75, 3.05) is 21.3 Å². The molecule has 0 aliphatic rings. The number of carbonyl (C=O) groups is 2. The van der Waals surface area contributed by atoms with Gasteiger partial charge in [0.25, 0.3) is 0 Å². The molecule has 0 aliphatic carbocycles. The van der Waals surface area contributed by atoms with Crippen molar-refractivity contribution in [1.29, 1.82) is 0 Å². The van der Waals surface area contributed by atoms with Crippen LogP contribution in [0.25, 0.3) is 0 Å². The number of carboxylic acid groups (broad SMARTS) is 2. The van der Waals surface area contributed by atoms with Crippen LogP contribution in [-0.4, -0.2) is 52.3 Å². The number of aliphatic carboxylic acids is 2. The maximum absolute atomic E-state index is 10.9. The van der Waals surface area contributed by atoms with Gasteiger partial charge in [0, 0.05) is 27.4 Å². The third kappa shape index (κ3) is 6.99. The second-order valence-corrected chi connectivity index (χ2v) is 7.62. The lowest BCUT2D eigenvalue weighted by Gasteiger charge is -2.24. The van der Waals surface area contributed by atoms with E-state index >= 15 is 0 Å². The summed E-state index contributed by atoms with van der Waals surface area (Å²) >= 11 is 0. The first kappa shape index (κ1) is 19.0. The predicted molar refractivity (Wildman–Crippen MR) is 73.4 cm³/mol. The summed E-state index contributed by atoms with van der Waals surface area (Å²) in [5.41, 5.74) is 0. The van der Waals surface area contributed by atoms with Crippen molar-refractivity contribution in [3.8, 4) is 0 Å². The summed E-state index contributed by atoms with van der Waals surface area (Å²) in [6.07, 6.45) is 2.27. The molecule has 2 N–H and O–H groups in total. The summed E-state index contributed by atoms with van der Waals surface area (Å²) in [4.78, 5) is 21.4. The summed E-state index contributed by atoms with van der Waals surface area (Å²) in [5.74, 6) is -2.95. The molecular formula is C12H24O7Si. The standard InChI is InChI=1S/C12H24O7Si/c1-17-20(18-2,19-3)8-6-4-5-7-10(12(15)16)9-11(13)14/h10H,4-9H2,1-3H3,(H,13,14)(H,15,16). The van der Waals surface area contributed by atoms with Crippen LogP contribution in [0.15, 0.2) is 0 Å². The van der Waals surface area contributed by atoms with Crippen LogP contribution in [0.1, 0.15) is 32.1 Å². The predicted octanol–water partition coefficient (Wildman–Crippen LogP) is 1.60. The Kier molecular flexibility index (Phi) is 9.39. The van der Waals surface area contributed by atoms with Crippen LogP contribution in [0.3, 0.4) is 0 Å². The smallest absolute Gasteiger partial charge is 0.481 e. The van der Waals surface area contributed by atoms with Gasteiger partial charge in [0.05, 0.1) is 12.3 Å². The van der Waals surface area contributed by atoms with Crippen LogP contribution in [0, 0.1) is 5.92 Å². The lowest BCUT2D eigenvalue weighted by molar-refractivity contribution is -0.148. The number of rotatable bonds is 12. The fourth-order valence-electron chi connectivity index (χ4n) is 1.99. The highest BCUT2D eigenvalue weighted by molar-refractivity contribution is 6.60. The molecule has 0 bridgehead atoms. The molecule has 0 heterocycles. The van der Waals surface area contributed by atoms with Gasteiger partial charge in [-0.25, -0.2) is 0 Å². The van der Waals surface area contributed by atoms with Gasteiger partial charge >= 0.3 is 20.7 Å². The third-order valence-electron chi connectivity index (χ3n) is 3.24. The van der Waals surface area contributed by atoms with Gasteiger partial charge in [0.1, 0.15) is 0 Å². The van der Waals surface area contributed by atoms with E-state index in [-0.39, 0.29) is 6.42 Å². The van der Waals surface area contributed by atoms with Crippen molar-refractivity contribution in [3.63, 3.8) is 0 Å². The van der Waals surface area contributed by atoms with E-state index in [1.807, 2.05) is 0 Å². The molecule has 0 spiro atoms. The van der Waals surface area contributed by atoms with Crippen LogP contribution in [0.5, 0.6) is 0 Å². The van der Waals surface area contributed by atoms with Gasteiger partial charge in [-0.2, -0.15) is 0 Å². The zero-order chi connectivity index (χ0) is 15.6. The van der Waals surface area contributed by atoms with Gasteiger partial charge in [0.2, 0.25) is 0 Å². The summed E-state index contributed by atoms with van der Waals surface area (Å²) in [5, 5.41) is 17.5. The van der Waals surface area contributed by atoms with Gasteiger partial charge in [0.15, 0.2) is 0 Å². The molecular weight excluding hydrogens is 284 g/mol. The highest BCUT2D eigenvalue weighted by Crippen LogP contribution is 2.20. The minimum atomic E-state index is -2.55. The molecule has 20 heavy (non-hydrogen) atoms. The van der Waals surface area contributed by atoms with Crippen molar-refractivity contribution in [3.05, 3.63) is 0 Å². The second kappa shape index (κ2) is 9.86. The van der Waals surface area contributed by atoms with E-state index in [1.165, 1.54) is 0 Å². The molecule has 0 amide bonds. The average molecular weight is 308 g/mol. The Labute approximate surface area is 120 Å². The Hall–Kier alpha value is -0.963. The molecule has 0 aromatic carbocycles. The molecule has 7 nitrogen and oxygen atoms in total. The van der Waals surface area contributed by atoms with Crippen molar-refractivity contribution < 1.29 is 33.1 Å². The van der Waals surface area contributed by atoms with E-state index in [1.54, 1.807) is 21.3 Å². The number of hydrogen-bond acceptors (Lipinski definition) is 5. The molecule has 0 fully saturated rings. The molecule has 0 rings (SSSR count). The fourth-order valence-corrected chi connectivity index (χ4v) is 3.78. The van der Waals surface area contributed by atoms with Crippen molar-refractivity contribution in [2.45, 2.75) is 38.1 Å². The highest BCUT2D eigenvalue weighted by atomic mass is 28.4. The second-order valence-electron chi connectivity index (χ2n) is 4.53. The SMILES string of the molecule is CO[Si](CCCCCC(CC(=O)O)C(=O)O)(OC)OC. The van der Waals surface area contributed by atoms with E-state index in [0.29, 0.717) is 18.9 Å². The van der Waals surface area contributed by atoms with Crippen LogP contribution in [-0.2, 0) is 22.9 Å². The highest BCUT2D eigenvalue weighted by Gasteiger charge is 2.36. The molecule has 0 aromatic heterocycles. The first-order valence-electron chi connectivity index (χ1n) is 6.50. The maximum Gasteiger partial charge on any atom is 0.500 e. The van der Waals surface area contributed by atoms with Gasteiger partial charge in [-0.3, -0.25) is 9.59 Å². The summed E-state index contributed by atoms with van der Waals surface area (Å²) in [7, 11) is 2.09. The molecule has 8 heteroatoms. The Morgan fingerprint density at radius 3 is 1.95 bits per heavy atom. The van der Waals surface area contributed by atoms with Crippen LogP contribution >= 0.6 is 0 Å². The normalized spacial score (nSPS) is 13.2. The van der Waals surface area contributed by atoms with Gasteiger partial charge < -0.3 is 23.5 Å². The monoisotopic (exact) mass is 308 g/mol. The quantitative estimate of drug-likeness (QED) is 0.417. The Bertz CT molecular complexity index is 296. The molecule has 0 aliphatic heterocycles. The van der Waals surface area contributed by atoms with Gasteiger partial charge in [-0.05, 0) is 12.8 Å². The molecule has 0 saturated heterocycles. The third-order valence-corrected chi connectivity index (χ3v) is 6.07. The van der Waals surface area contributed by atoms with Crippen LogP contribution in [0.4, 0.5) is 0 Å². The lowest BCUT2D eigenvalue weighted by Crippen LogP contribution is -2.42. The molecule has 1 atom stereocenters. The molecule has 1 unspecified atom stereocenters. The zero-order valence-corrected chi connectivity index (χ0v) is 13.3. The summed E-state index contributed by atoms with van der Waals surface area (Å²) in [6, 6.07) is 0.660. The van der Waals surface area contributed by atoms with E-state index in [4.69, 9.17) is 23.5 Å². The molecule has 0 radical (unpaired) electrons. The van der Waals surface area contributed by atoms with Crippen molar-refractivity contribution in [1.82, 2.24) is 0 Å². The molecule has 0 saturated carbocycles. The Balaban J connectivity index is 4.00. The molecule has 118 valence electrons. The molecule has 0 aromatic rings. The fraction of sp³-hybridized carbons (Fsp3) is 0.833. The van der Waals surface area contributed by atoms with E-state index in [0.717, 1.165) is 12.8 Å². The van der Waals surface area contributed by atoms with Gasteiger partial charge in [-0.1, -0.05) is 12.8 Å². The number of hydrogen-bond donors (Lipinski definition) is 2. The van der Waals surface area contributed by atoms with Crippen molar-refractivity contribution >= 4 is 20.7 Å². The summed E-state index contributed by atoms with van der Waals surface area (Å²) in [6.45, 7) is 0. The van der Waals surface area contributed by atoms with Gasteiger partial charge in [-0.15, -0.1) is 0 Å². The zero-order valence-electron chi connectivity index (χ0n) is 12.3. The first-order valence-corrected chi connectivity index (χ1v) is 8.44. The average Bonchev–Trinajstić information content (AvgIpc) is 2.41. The van der Waals surface area contributed by atoms with Crippen LogP contribution < -0.4 is 0 Å². The minimum Gasteiger partial charge on any atom is -0.481 e. The summed E-state index contributed by atoms with van der Waals surface area (Å²) < 4.78 is 15.8. The topological polar surface area (TPSA) is 102 Å². The Morgan fingerprint density at radius 1 is 1.00 bits per heavy atom. The lowest BCUT2D eigenvalue weighted by atomic mass is 9.98.